The second-order valence-electron chi connectivity index (χ2n) is 3.13. The summed E-state index contributed by atoms with van der Waals surface area (Å²) in [7, 11) is 0. The van der Waals surface area contributed by atoms with Crippen molar-refractivity contribution in [2.24, 2.45) is 0 Å². The van der Waals surface area contributed by atoms with Crippen LogP contribution in [0.5, 0.6) is 0 Å². The molecule has 8 heteroatoms. The fourth-order valence-corrected chi connectivity index (χ4v) is 2.04. The van der Waals surface area contributed by atoms with Gasteiger partial charge in [-0.05, 0) is 17.7 Å². The first-order chi connectivity index (χ1) is 7.57. The molecule has 0 spiro atoms. The SMILES string of the molecule is FC(F)(F)c1cc(CBr)c(Cl)c(C(F)(F)F)c1. The van der Waals surface area contributed by atoms with Gasteiger partial charge < -0.3 is 0 Å². The molecule has 96 valence electrons. The lowest BCUT2D eigenvalue weighted by molar-refractivity contribution is -0.143. The van der Waals surface area contributed by atoms with Gasteiger partial charge in [0, 0.05) is 5.33 Å². The van der Waals surface area contributed by atoms with Crippen molar-refractivity contribution in [2.75, 3.05) is 0 Å². The Kier molecular flexibility index (Phi) is 4.03. The Hall–Kier alpha value is -0.430. The zero-order chi connectivity index (χ0) is 13.4. The quantitative estimate of drug-likeness (QED) is 0.482. The summed E-state index contributed by atoms with van der Waals surface area (Å²) in [6.45, 7) is 0. The summed E-state index contributed by atoms with van der Waals surface area (Å²) in [6, 6.07) is 0.598. The molecule has 0 atom stereocenters. The maximum atomic E-state index is 12.5. The van der Waals surface area contributed by atoms with Crippen molar-refractivity contribution in [2.45, 2.75) is 17.7 Å². The predicted molar refractivity (Wildman–Crippen MR) is 54.1 cm³/mol. The van der Waals surface area contributed by atoms with E-state index in [2.05, 4.69) is 15.9 Å². The van der Waals surface area contributed by atoms with Crippen molar-refractivity contribution in [3.63, 3.8) is 0 Å². The Balaban J connectivity index is 3.50. The topological polar surface area (TPSA) is 0 Å². The monoisotopic (exact) mass is 340 g/mol. The molecular formula is C9H4BrClF6. The van der Waals surface area contributed by atoms with Crippen LogP contribution >= 0.6 is 27.5 Å². The Labute approximate surface area is 106 Å². The number of hydrogen-bond donors (Lipinski definition) is 0. The van der Waals surface area contributed by atoms with Crippen molar-refractivity contribution < 1.29 is 26.3 Å². The van der Waals surface area contributed by atoms with Gasteiger partial charge in [-0.2, -0.15) is 26.3 Å². The van der Waals surface area contributed by atoms with Crippen LogP contribution < -0.4 is 0 Å². The van der Waals surface area contributed by atoms with Crippen LogP contribution in [0.25, 0.3) is 0 Å². The van der Waals surface area contributed by atoms with Gasteiger partial charge in [-0.1, -0.05) is 27.5 Å². The van der Waals surface area contributed by atoms with Gasteiger partial charge in [0.15, 0.2) is 0 Å². The smallest absolute Gasteiger partial charge is 0.166 e. The highest BCUT2D eigenvalue weighted by Gasteiger charge is 2.39. The van der Waals surface area contributed by atoms with E-state index >= 15 is 0 Å². The van der Waals surface area contributed by atoms with Crippen LogP contribution in [0.1, 0.15) is 16.7 Å². The van der Waals surface area contributed by atoms with Crippen molar-refractivity contribution in [3.05, 3.63) is 33.8 Å². The highest BCUT2D eigenvalue weighted by Crippen LogP contribution is 2.41. The highest BCUT2D eigenvalue weighted by molar-refractivity contribution is 9.08. The van der Waals surface area contributed by atoms with E-state index in [4.69, 9.17) is 11.6 Å². The van der Waals surface area contributed by atoms with Gasteiger partial charge in [-0.15, -0.1) is 0 Å². The zero-order valence-electron chi connectivity index (χ0n) is 7.89. The molecule has 0 radical (unpaired) electrons. The minimum Gasteiger partial charge on any atom is -0.166 e. The number of rotatable bonds is 1. The van der Waals surface area contributed by atoms with Gasteiger partial charge in [0.25, 0.3) is 0 Å². The molecule has 0 aromatic heterocycles. The maximum absolute atomic E-state index is 12.5. The highest BCUT2D eigenvalue weighted by atomic mass is 79.9. The molecule has 0 amide bonds. The van der Waals surface area contributed by atoms with E-state index in [-0.39, 0.29) is 17.0 Å². The molecule has 1 aromatic rings. The summed E-state index contributed by atoms with van der Waals surface area (Å²) in [6.07, 6.45) is -9.77. The third kappa shape index (κ3) is 3.28. The van der Waals surface area contributed by atoms with E-state index in [1.54, 1.807) is 0 Å². The van der Waals surface area contributed by atoms with Crippen molar-refractivity contribution in [1.82, 2.24) is 0 Å². The molecule has 0 unspecified atom stereocenters. The van der Waals surface area contributed by atoms with Gasteiger partial charge >= 0.3 is 12.4 Å². The second kappa shape index (κ2) is 4.68. The van der Waals surface area contributed by atoms with E-state index in [1.807, 2.05) is 0 Å². The first kappa shape index (κ1) is 14.6. The van der Waals surface area contributed by atoms with Crippen molar-refractivity contribution in [1.29, 1.82) is 0 Å². The van der Waals surface area contributed by atoms with Crippen LogP contribution in [-0.2, 0) is 17.7 Å². The van der Waals surface area contributed by atoms with Crippen LogP contribution in [0, 0.1) is 0 Å². The van der Waals surface area contributed by atoms with Gasteiger partial charge in [-0.25, -0.2) is 0 Å². The van der Waals surface area contributed by atoms with Crippen LogP contribution in [-0.4, -0.2) is 0 Å². The summed E-state index contributed by atoms with van der Waals surface area (Å²) in [4.78, 5) is 0. The van der Waals surface area contributed by atoms with Crippen LogP contribution in [0.3, 0.4) is 0 Å². The predicted octanol–water partition coefficient (Wildman–Crippen LogP) is 5.27. The van der Waals surface area contributed by atoms with Crippen LogP contribution in [0.4, 0.5) is 26.3 Å². The van der Waals surface area contributed by atoms with Gasteiger partial charge in [0.05, 0.1) is 16.1 Å². The molecule has 0 aliphatic heterocycles. The van der Waals surface area contributed by atoms with Gasteiger partial charge in [-0.3, -0.25) is 0 Å². The maximum Gasteiger partial charge on any atom is 0.417 e. The lowest BCUT2D eigenvalue weighted by Gasteiger charge is -2.15. The molecule has 0 aliphatic carbocycles. The van der Waals surface area contributed by atoms with Crippen molar-refractivity contribution >= 4 is 27.5 Å². The summed E-state index contributed by atoms with van der Waals surface area (Å²) >= 11 is 8.19. The lowest BCUT2D eigenvalue weighted by atomic mass is 10.1. The van der Waals surface area contributed by atoms with E-state index in [0.29, 0.717) is 6.07 Å². The summed E-state index contributed by atoms with van der Waals surface area (Å²) in [5, 5.41) is -0.916. The van der Waals surface area contributed by atoms with E-state index in [9.17, 15) is 26.3 Å². The Morgan fingerprint density at radius 2 is 1.53 bits per heavy atom. The average Bonchev–Trinajstić information content (AvgIpc) is 2.14. The standard InChI is InChI=1S/C9H4BrClF6/c10-3-4-1-5(8(12,13)14)2-6(7(4)11)9(15,16)17/h1-2H,3H2. The first-order valence-electron chi connectivity index (χ1n) is 4.10. The molecule has 0 saturated carbocycles. The molecule has 0 nitrogen and oxygen atoms in total. The van der Waals surface area contributed by atoms with Crippen molar-refractivity contribution in [3.8, 4) is 0 Å². The summed E-state index contributed by atoms with van der Waals surface area (Å²) in [5.41, 5.74) is -3.11. The normalized spacial score (nSPS) is 12.9. The van der Waals surface area contributed by atoms with Gasteiger partial charge in [0.2, 0.25) is 0 Å². The first-order valence-corrected chi connectivity index (χ1v) is 5.60. The average molecular weight is 341 g/mol. The summed E-state index contributed by atoms with van der Waals surface area (Å²) < 4.78 is 74.5. The molecule has 0 bridgehead atoms. The largest absolute Gasteiger partial charge is 0.417 e. The van der Waals surface area contributed by atoms with E-state index in [0.717, 1.165) is 0 Å². The molecule has 17 heavy (non-hydrogen) atoms. The lowest BCUT2D eigenvalue weighted by Crippen LogP contribution is -2.12. The third-order valence-electron chi connectivity index (χ3n) is 1.92. The fraction of sp³-hybridized carbons (Fsp3) is 0.333. The Morgan fingerprint density at radius 1 is 1.00 bits per heavy atom. The van der Waals surface area contributed by atoms with Crippen LogP contribution in [0.15, 0.2) is 12.1 Å². The fourth-order valence-electron chi connectivity index (χ4n) is 1.15. The molecule has 0 heterocycles. The Bertz CT molecular complexity index is 423. The molecule has 1 rings (SSSR count). The number of hydrogen-bond acceptors (Lipinski definition) is 0. The molecular weight excluding hydrogens is 337 g/mol. The molecule has 0 saturated heterocycles. The minimum absolute atomic E-state index is 0.00843. The number of halogens is 8. The number of benzene rings is 1. The Morgan fingerprint density at radius 3 is 1.88 bits per heavy atom. The molecule has 0 N–H and O–H groups in total. The number of alkyl halides is 7. The van der Waals surface area contributed by atoms with Crippen LogP contribution in [0.2, 0.25) is 5.02 Å². The third-order valence-corrected chi connectivity index (χ3v) is 2.98. The van der Waals surface area contributed by atoms with E-state index < -0.39 is 28.5 Å². The zero-order valence-corrected chi connectivity index (χ0v) is 10.2. The summed E-state index contributed by atoms with van der Waals surface area (Å²) in [5.74, 6) is 0. The molecule has 1 aromatic carbocycles. The molecule has 0 fully saturated rings. The second-order valence-corrected chi connectivity index (χ2v) is 4.06. The van der Waals surface area contributed by atoms with Gasteiger partial charge in [0.1, 0.15) is 0 Å². The molecule has 0 aliphatic rings. The minimum atomic E-state index is -4.92. The van der Waals surface area contributed by atoms with E-state index in [1.165, 1.54) is 0 Å².